The lowest BCUT2D eigenvalue weighted by Crippen LogP contribution is -2.41. The van der Waals surface area contributed by atoms with Crippen LogP contribution in [0.25, 0.3) is 0 Å². The lowest BCUT2D eigenvalue weighted by atomic mass is 10.1. The first-order chi connectivity index (χ1) is 9.84. The van der Waals surface area contributed by atoms with E-state index >= 15 is 0 Å². The molecule has 1 aromatic carbocycles. The molecule has 2 rings (SSSR count). The van der Waals surface area contributed by atoms with E-state index in [2.05, 4.69) is 0 Å². The summed E-state index contributed by atoms with van der Waals surface area (Å²) in [5.41, 5.74) is 1.45. The highest BCUT2D eigenvalue weighted by atomic mass is 35.5. The molecule has 1 saturated heterocycles. The summed E-state index contributed by atoms with van der Waals surface area (Å²) >= 11 is 6.11. The number of nitrogens with zero attached hydrogens (tertiary/aromatic N) is 1. The standard InChI is InChI=1S/C14H18ClNO4S/c1-3-20-14(17)16(12-6-7-21(18,19)9-12)11-5-4-10(2)13(15)8-11/h4-5,8,12H,3,6-7,9H2,1-2H3. The van der Waals surface area contributed by atoms with Crippen molar-refractivity contribution in [2.45, 2.75) is 26.3 Å². The molecule has 1 atom stereocenters. The predicted octanol–water partition coefficient (Wildman–Crippen LogP) is 2.80. The quantitative estimate of drug-likeness (QED) is 0.854. The van der Waals surface area contributed by atoms with Crippen LogP contribution in [0, 0.1) is 6.92 Å². The van der Waals surface area contributed by atoms with E-state index in [1.165, 1.54) is 4.90 Å². The maximum atomic E-state index is 12.2. The molecule has 0 aromatic heterocycles. The summed E-state index contributed by atoms with van der Waals surface area (Å²) in [6.45, 7) is 3.80. The van der Waals surface area contributed by atoms with Crippen molar-refractivity contribution in [2.24, 2.45) is 0 Å². The highest BCUT2D eigenvalue weighted by Gasteiger charge is 2.36. The number of hydrogen-bond donors (Lipinski definition) is 0. The van der Waals surface area contributed by atoms with Gasteiger partial charge in [0, 0.05) is 10.7 Å². The second-order valence-electron chi connectivity index (χ2n) is 5.06. The van der Waals surface area contributed by atoms with Gasteiger partial charge in [-0.25, -0.2) is 13.2 Å². The zero-order chi connectivity index (χ0) is 15.6. The molecule has 5 nitrogen and oxygen atoms in total. The van der Waals surface area contributed by atoms with E-state index in [9.17, 15) is 13.2 Å². The van der Waals surface area contributed by atoms with Gasteiger partial charge in [0.2, 0.25) is 0 Å². The maximum Gasteiger partial charge on any atom is 0.414 e. The fourth-order valence-corrected chi connectivity index (χ4v) is 4.24. The Morgan fingerprint density at radius 3 is 2.71 bits per heavy atom. The molecule has 1 fully saturated rings. The highest BCUT2D eigenvalue weighted by molar-refractivity contribution is 7.91. The fraction of sp³-hybridized carbons (Fsp3) is 0.500. The van der Waals surface area contributed by atoms with Crippen LogP contribution >= 0.6 is 11.6 Å². The molecule has 116 valence electrons. The van der Waals surface area contributed by atoms with Crippen molar-refractivity contribution in [3.63, 3.8) is 0 Å². The first-order valence-corrected chi connectivity index (χ1v) is 8.96. The van der Waals surface area contributed by atoms with Gasteiger partial charge in [0.25, 0.3) is 0 Å². The van der Waals surface area contributed by atoms with E-state index < -0.39 is 22.0 Å². The summed E-state index contributed by atoms with van der Waals surface area (Å²) in [6, 6.07) is 4.81. The Bertz CT molecular complexity index is 644. The highest BCUT2D eigenvalue weighted by Crippen LogP contribution is 2.29. The molecule has 1 aliphatic heterocycles. The van der Waals surface area contributed by atoms with Crippen molar-refractivity contribution in [1.82, 2.24) is 0 Å². The van der Waals surface area contributed by atoms with Crippen LogP contribution in [-0.4, -0.2) is 38.7 Å². The van der Waals surface area contributed by atoms with Crippen LogP contribution in [0.4, 0.5) is 10.5 Å². The van der Waals surface area contributed by atoms with Crippen molar-refractivity contribution < 1.29 is 17.9 Å². The van der Waals surface area contributed by atoms with Crippen molar-refractivity contribution >= 4 is 33.2 Å². The fourth-order valence-electron chi connectivity index (χ4n) is 2.37. The average molecular weight is 332 g/mol. The van der Waals surface area contributed by atoms with Crippen LogP contribution in [0.1, 0.15) is 18.9 Å². The molecule has 0 bridgehead atoms. The molecule has 0 radical (unpaired) electrons. The number of sulfone groups is 1. The number of carbonyl (C=O) groups is 1. The Balaban J connectivity index is 2.36. The zero-order valence-electron chi connectivity index (χ0n) is 12.0. The summed E-state index contributed by atoms with van der Waals surface area (Å²) in [7, 11) is -3.10. The lowest BCUT2D eigenvalue weighted by Gasteiger charge is -2.27. The number of benzene rings is 1. The third kappa shape index (κ3) is 3.68. The maximum absolute atomic E-state index is 12.2. The molecule has 0 saturated carbocycles. The van der Waals surface area contributed by atoms with E-state index in [1.54, 1.807) is 25.1 Å². The van der Waals surface area contributed by atoms with E-state index in [4.69, 9.17) is 16.3 Å². The lowest BCUT2D eigenvalue weighted by molar-refractivity contribution is 0.157. The summed E-state index contributed by atoms with van der Waals surface area (Å²) in [5.74, 6) is 0.0461. The van der Waals surface area contributed by atoms with Gasteiger partial charge in [-0.05, 0) is 38.0 Å². The first-order valence-electron chi connectivity index (χ1n) is 6.76. The second-order valence-corrected chi connectivity index (χ2v) is 7.70. The minimum absolute atomic E-state index is 0.0443. The minimum Gasteiger partial charge on any atom is -0.449 e. The summed E-state index contributed by atoms with van der Waals surface area (Å²) in [4.78, 5) is 13.6. The molecule has 1 unspecified atom stereocenters. The molecule has 0 N–H and O–H groups in total. The Labute approximate surface area is 129 Å². The van der Waals surface area contributed by atoms with Crippen LogP contribution in [0.15, 0.2) is 18.2 Å². The molecule has 1 aromatic rings. The van der Waals surface area contributed by atoms with Gasteiger partial charge < -0.3 is 4.74 Å². The number of halogens is 1. The monoisotopic (exact) mass is 331 g/mol. The smallest absolute Gasteiger partial charge is 0.414 e. The normalized spacial score (nSPS) is 20.2. The predicted molar refractivity (Wildman–Crippen MR) is 82.7 cm³/mol. The number of aryl methyl sites for hydroxylation is 1. The number of carbonyl (C=O) groups excluding carboxylic acids is 1. The Kier molecular flexibility index (Phi) is 4.78. The van der Waals surface area contributed by atoms with Crippen molar-refractivity contribution in [3.05, 3.63) is 28.8 Å². The number of rotatable bonds is 3. The summed E-state index contributed by atoms with van der Waals surface area (Å²) in [6.07, 6.45) is -0.133. The van der Waals surface area contributed by atoms with Crippen molar-refractivity contribution in [3.8, 4) is 0 Å². The third-order valence-corrected chi connectivity index (χ3v) is 5.63. The van der Waals surface area contributed by atoms with Gasteiger partial charge in [0.05, 0.1) is 24.2 Å². The van der Waals surface area contributed by atoms with Crippen LogP contribution in [0.5, 0.6) is 0 Å². The number of anilines is 1. The molecule has 1 aliphatic rings. The topological polar surface area (TPSA) is 63.7 Å². The molecule has 21 heavy (non-hydrogen) atoms. The van der Waals surface area contributed by atoms with E-state index in [1.807, 2.05) is 6.92 Å². The SMILES string of the molecule is CCOC(=O)N(c1ccc(C)c(Cl)c1)C1CCS(=O)(=O)C1. The zero-order valence-corrected chi connectivity index (χ0v) is 13.6. The van der Waals surface area contributed by atoms with Crippen molar-refractivity contribution in [1.29, 1.82) is 0 Å². The van der Waals surface area contributed by atoms with Gasteiger partial charge >= 0.3 is 6.09 Å². The Morgan fingerprint density at radius 2 is 2.19 bits per heavy atom. The molecular formula is C14H18ClNO4S. The van der Waals surface area contributed by atoms with Gasteiger partial charge in [-0.15, -0.1) is 0 Å². The minimum atomic E-state index is -3.10. The summed E-state index contributed by atoms with van der Waals surface area (Å²) < 4.78 is 28.4. The van der Waals surface area contributed by atoms with Crippen LogP contribution in [-0.2, 0) is 14.6 Å². The number of hydrogen-bond acceptors (Lipinski definition) is 4. The first kappa shape index (κ1) is 16.1. The van der Waals surface area contributed by atoms with E-state index in [0.717, 1.165) is 5.56 Å². The molecule has 1 heterocycles. The Hall–Kier alpha value is -1.27. The molecule has 0 spiro atoms. The van der Waals surface area contributed by atoms with Crippen LogP contribution < -0.4 is 4.90 Å². The van der Waals surface area contributed by atoms with Gasteiger partial charge in [-0.1, -0.05) is 17.7 Å². The summed E-state index contributed by atoms with van der Waals surface area (Å²) in [5, 5.41) is 0.530. The average Bonchev–Trinajstić information content (AvgIpc) is 2.74. The van der Waals surface area contributed by atoms with Gasteiger partial charge in [-0.2, -0.15) is 0 Å². The molecule has 7 heteroatoms. The molecule has 1 amide bonds. The van der Waals surface area contributed by atoms with E-state index in [0.29, 0.717) is 17.1 Å². The van der Waals surface area contributed by atoms with Gasteiger partial charge in [0.1, 0.15) is 0 Å². The van der Waals surface area contributed by atoms with Crippen LogP contribution in [0.2, 0.25) is 5.02 Å². The largest absolute Gasteiger partial charge is 0.449 e. The molecular weight excluding hydrogens is 314 g/mol. The molecule has 0 aliphatic carbocycles. The van der Waals surface area contributed by atoms with Crippen molar-refractivity contribution in [2.75, 3.05) is 23.0 Å². The van der Waals surface area contributed by atoms with Gasteiger partial charge in [0.15, 0.2) is 9.84 Å². The van der Waals surface area contributed by atoms with Crippen LogP contribution in [0.3, 0.4) is 0 Å². The second kappa shape index (κ2) is 6.23. The van der Waals surface area contributed by atoms with E-state index in [-0.39, 0.29) is 18.1 Å². The Morgan fingerprint density at radius 1 is 1.48 bits per heavy atom. The van der Waals surface area contributed by atoms with Gasteiger partial charge in [-0.3, -0.25) is 4.90 Å². The third-order valence-electron chi connectivity index (χ3n) is 3.47. The number of ether oxygens (including phenoxy) is 1. The number of amides is 1.